The van der Waals surface area contributed by atoms with E-state index < -0.39 is 0 Å². The Hall–Kier alpha value is -0.760. The second-order valence-electron chi connectivity index (χ2n) is 1.89. The van der Waals surface area contributed by atoms with Gasteiger partial charge in [0.25, 0.3) is 0 Å². The molecule has 0 saturated carbocycles. The van der Waals surface area contributed by atoms with Gasteiger partial charge >= 0.3 is 0 Å². The van der Waals surface area contributed by atoms with Gasteiger partial charge in [0.1, 0.15) is 10.4 Å². The molecule has 2 nitrogen and oxygen atoms in total. The van der Waals surface area contributed by atoms with Gasteiger partial charge in [-0.15, -0.1) is 0 Å². The number of halogens is 1. The lowest BCUT2D eigenvalue weighted by molar-refractivity contribution is 0.404. The minimum atomic E-state index is 0.629. The van der Waals surface area contributed by atoms with Crippen LogP contribution in [-0.2, 0) is 0 Å². The monoisotopic (exact) mass is 259 g/mol. The first-order valence-electron chi connectivity index (χ1n) is 3.06. The maximum atomic E-state index is 8.47. The molecular formula is C8H6INO. The molecule has 0 amide bonds. The first-order valence-corrected chi connectivity index (χ1v) is 4.58. The molecule has 0 saturated heterocycles. The molecule has 0 radical (unpaired) electrons. The van der Waals surface area contributed by atoms with Gasteiger partial charge in [-0.2, -0.15) is 5.26 Å². The van der Waals surface area contributed by atoms with Crippen LogP contribution in [0.2, 0.25) is 0 Å². The van der Waals surface area contributed by atoms with Gasteiger partial charge in [-0.1, -0.05) is 0 Å². The van der Waals surface area contributed by atoms with Gasteiger partial charge in [-0.3, -0.25) is 0 Å². The third-order valence-corrected chi connectivity index (χ3v) is 1.52. The molecule has 0 bridgehead atoms. The third kappa shape index (κ3) is 2.39. The summed E-state index contributed by atoms with van der Waals surface area (Å²) >= 11 is 2.12. The quantitative estimate of drug-likeness (QED) is 0.603. The average molecular weight is 259 g/mol. The molecule has 3 heteroatoms. The third-order valence-electron chi connectivity index (χ3n) is 1.20. The van der Waals surface area contributed by atoms with Gasteiger partial charge in [0.05, 0.1) is 11.6 Å². The van der Waals surface area contributed by atoms with Crippen LogP contribution in [0.1, 0.15) is 5.56 Å². The first-order chi connectivity index (χ1) is 5.36. The molecule has 0 heterocycles. The van der Waals surface area contributed by atoms with E-state index in [-0.39, 0.29) is 0 Å². The normalized spacial score (nSPS) is 8.73. The highest BCUT2D eigenvalue weighted by molar-refractivity contribution is 14.1. The summed E-state index contributed by atoms with van der Waals surface area (Å²) < 4.78 is 5.81. The zero-order valence-electron chi connectivity index (χ0n) is 5.75. The fourth-order valence-corrected chi connectivity index (χ4v) is 1.05. The second-order valence-corrected chi connectivity index (χ2v) is 2.51. The summed E-state index contributed by atoms with van der Waals surface area (Å²) in [5.41, 5.74) is 0.658. The lowest BCUT2D eigenvalue weighted by atomic mass is 10.2. The summed E-state index contributed by atoms with van der Waals surface area (Å²) in [4.78, 5) is 0. The van der Waals surface area contributed by atoms with Crippen molar-refractivity contribution in [3.8, 4) is 11.8 Å². The van der Waals surface area contributed by atoms with Crippen molar-refractivity contribution in [1.29, 1.82) is 5.26 Å². The van der Waals surface area contributed by atoms with Crippen molar-refractivity contribution >= 4 is 22.6 Å². The number of rotatable bonds is 2. The highest BCUT2D eigenvalue weighted by atomic mass is 127. The molecule has 1 aromatic carbocycles. The fourth-order valence-electron chi connectivity index (χ4n) is 0.689. The Balaban J connectivity index is 2.76. The molecule has 0 fully saturated rings. The van der Waals surface area contributed by atoms with E-state index in [4.69, 9.17) is 10.00 Å². The molecular weight excluding hydrogens is 253 g/mol. The molecule has 1 aromatic rings. The predicted molar refractivity (Wildman–Crippen MR) is 50.7 cm³/mol. The molecule has 1 rings (SSSR count). The van der Waals surface area contributed by atoms with Crippen LogP contribution < -0.4 is 4.74 Å². The summed E-state index contributed by atoms with van der Waals surface area (Å²) in [6, 6.07) is 9.09. The molecule has 0 aliphatic rings. The van der Waals surface area contributed by atoms with Crippen molar-refractivity contribution in [2.45, 2.75) is 0 Å². The summed E-state index contributed by atoms with van der Waals surface area (Å²) in [7, 11) is 0. The predicted octanol–water partition coefficient (Wildman–Crippen LogP) is 2.33. The van der Waals surface area contributed by atoms with Crippen LogP contribution in [0.5, 0.6) is 5.75 Å². The van der Waals surface area contributed by atoms with E-state index >= 15 is 0 Å². The molecule has 0 spiro atoms. The lowest BCUT2D eigenvalue weighted by Gasteiger charge is -1.99. The number of hydrogen-bond acceptors (Lipinski definition) is 2. The number of nitrogens with zero attached hydrogens (tertiary/aromatic N) is 1. The summed E-state index contributed by atoms with van der Waals surface area (Å²) in [6.45, 7) is 0. The Morgan fingerprint density at radius 1 is 1.36 bits per heavy atom. The Kier molecular flexibility index (Phi) is 3.17. The number of hydrogen-bond donors (Lipinski definition) is 0. The van der Waals surface area contributed by atoms with Crippen molar-refractivity contribution in [2.24, 2.45) is 0 Å². The second kappa shape index (κ2) is 4.19. The molecule has 0 aliphatic carbocycles. The lowest BCUT2D eigenvalue weighted by Crippen LogP contribution is -1.87. The Labute approximate surface area is 78.9 Å². The molecule has 0 aromatic heterocycles. The zero-order valence-corrected chi connectivity index (χ0v) is 7.91. The maximum Gasteiger partial charge on any atom is 0.139 e. The van der Waals surface area contributed by atoms with Crippen molar-refractivity contribution in [3.05, 3.63) is 29.8 Å². The first kappa shape index (κ1) is 8.34. The van der Waals surface area contributed by atoms with E-state index in [9.17, 15) is 0 Å². The van der Waals surface area contributed by atoms with E-state index in [1.807, 2.05) is 6.07 Å². The number of ether oxygens (including phenoxy) is 1. The maximum absolute atomic E-state index is 8.47. The summed E-state index contributed by atoms with van der Waals surface area (Å²) in [5, 5.41) is 8.47. The zero-order chi connectivity index (χ0) is 8.10. The number of alkyl halides is 1. The Morgan fingerprint density at radius 2 is 2.00 bits per heavy atom. The van der Waals surface area contributed by atoms with E-state index in [0.29, 0.717) is 10.2 Å². The van der Waals surface area contributed by atoms with E-state index in [1.165, 1.54) is 0 Å². The topological polar surface area (TPSA) is 33.0 Å². The summed E-state index contributed by atoms with van der Waals surface area (Å²) in [5.74, 6) is 0.804. The van der Waals surface area contributed by atoms with Crippen LogP contribution >= 0.6 is 22.6 Å². The number of nitriles is 1. The standard InChI is InChI=1S/C8H6INO/c9-6-11-8-3-1-7(5-10)2-4-8/h1-4H,6H2. The van der Waals surface area contributed by atoms with Crippen molar-refractivity contribution in [1.82, 2.24) is 0 Å². The molecule has 0 unspecified atom stereocenters. The van der Waals surface area contributed by atoms with Gasteiger partial charge in [0.2, 0.25) is 0 Å². The SMILES string of the molecule is N#Cc1ccc(OCI)cc1. The molecule has 0 aliphatic heterocycles. The highest BCUT2D eigenvalue weighted by Crippen LogP contribution is 2.11. The minimum Gasteiger partial charge on any atom is -0.483 e. The van der Waals surface area contributed by atoms with Gasteiger partial charge in [-0.05, 0) is 46.9 Å². The van der Waals surface area contributed by atoms with Crippen molar-refractivity contribution in [2.75, 3.05) is 4.61 Å². The molecule has 56 valence electrons. The fraction of sp³-hybridized carbons (Fsp3) is 0.125. The minimum absolute atomic E-state index is 0.629. The molecule has 0 atom stereocenters. The average Bonchev–Trinajstić information content (AvgIpc) is 2.07. The van der Waals surface area contributed by atoms with E-state index in [1.54, 1.807) is 24.3 Å². The molecule has 0 N–H and O–H groups in total. The Bertz CT molecular complexity index is 262. The van der Waals surface area contributed by atoms with Crippen LogP contribution in [0.25, 0.3) is 0 Å². The number of benzene rings is 1. The van der Waals surface area contributed by atoms with Crippen LogP contribution in [0.3, 0.4) is 0 Å². The van der Waals surface area contributed by atoms with Crippen molar-refractivity contribution in [3.63, 3.8) is 0 Å². The van der Waals surface area contributed by atoms with E-state index in [2.05, 4.69) is 22.6 Å². The van der Waals surface area contributed by atoms with E-state index in [0.717, 1.165) is 5.75 Å². The van der Waals surface area contributed by atoms with Gasteiger partial charge < -0.3 is 4.74 Å². The largest absolute Gasteiger partial charge is 0.483 e. The van der Waals surface area contributed by atoms with Crippen LogP contribution in [0.15, 0.2) is 24.3 Å². The van der Waals surface area contributed by atoms with Crippen molar-refractivity contribution < 1.29 is 4.74 Å². The van der Waals surface area contributed by atoms with Crippen LogP contribution in [0.4, 0.5) is 0 Å². The highest BCUT2D eigenvalue weighted by Gasteiger charge is 1.91. The van der Waals surface area contributed by atoms with Gasteiger partial charge in [-0.25, -0.2) is 0 Å². The molecule has 11 heavy (non-hydrogen) atoms. The van der Waals surface area contributed by atoms with Crippen LogP contribution in [-0.4, -0.2) is 4.61 Å². The van der Waals surface area contributed by atoms with Gasteiger partial charge in [0.15, 0.2) is 0 Å². The Morgan fingerprint density at radius 3 is 2.45 bits per heavy atom. The smallest absolute Gasteiger partial charge is 0.139 e. The van der Waals surface area contributed by atoms with Crippen LogP contribution in [0, 0.1) is 11.3 Å². The van der Waals surface area contributed by atoms with Gasteiger partial charge in [0, 0.05) is 0 Å². The summed E-state index contributed by atoms with van der Waals surface area (Å²) in [6.07, 6.45) is 0.